The lowest BCUT2D eigenvalue weighted by molar-refractivity contribution is -0.112. The molecule has 0 aliphatic carbocycles. The van der Waals surface area contributed by atoms with Crippen LogP contribution in [0.3, 0.4) is 0 Å². The summed E-state index contributed by atoms with van der Waals surface area (Å²) in [5.74, 6) is 0.0835. The zero-order valence-electron chi connectivity index (χ0n) is 12.8. The van der Waals surface area contributed by atoms with Crippen molar-refractivity contribution < 1.29 is 4.79 Å². The lowest BCUT2D eigenvalue weighted by Gasteiger charge is -2.14. The summed E-state index contributed by atoms with van der Waals surface area (Å²) in [6.45, 7) is 0. The van der Waals surface area contributed by atoms with Crippen molar-refractivity contribution in [2.75, 3.05) is 17.7 Å². The van der Waals surface area contributed by atoms with E-state index in [0.717, 1.165) is 20.0 Å². The second kappa shape index (κ2) is 7.47. The van der Waals surface area contributed by atoms with Crippen molar-refractivity contribution in [2.45, 2.75) is 9.79 Å². The van der Waals surface area contributed by atoms with E-state index in [1.165, 1.54) is 23.5 Å². The summed E-state index contributed by atoms with van der Waals surface area (Å²) >= 11 is 6.38. The van der Waals surface area contributed by atoms with Gasteiger partial charge in [-0.25, -0.2) is 0 Å². The number of Topliss-reactive ketones (excluding diaryl/α,β-unsaturated/α-hetero) is 1. The van der Waals surface area contributed by atoms with Crippen LogP contribution in [-0.4, -0.2) is 18.6 Å². The van der Waals surface area contributed by atoms with Crippen LogP contribution in [0.15, 0.2) is 73.4 Å². The highest BCUT2D eigenvalue weighted by atomic mass is 79.9. The van der Waals surface area contributed by atoms with Crippen molar-refractivity contribution in [3.05, 3.63) is 63.6 Å². The van der Waals surface area contributed by atoms with Gasteiger partial charge in [0.15, 0.2) is 5.78 Å². The van der Waals surface area contributed by atoms with Crippen LogP contribution in [0.5, 0.6) is 0 Å². The van der Waals surface area contributed by atoms with Crippen molar-refractivity contribution in [1.29, 1.82) is 5.26 Å². The van der Waals surface area contributed by atoms with E-state index < -0.39 is 0 Å². The molecule has 6 heteroatoms. The van der Waals surface area contributed by atoms with Gasteiger partial charge in [0, 0.05) is 21.3 Å². The standard InChI is InChI=1S/C18H13BrN2OS2/c1-21-14-7-3-5-9-17(14)24-18(21)12(10-20)15(22)11-23-16-8-4-2-6-13(16)19/h2-9H,11H2,1H3/b18-12-. The van der Waals surface area contributed by atoms with Crippen molar-refractivity contribution in [2.24, 2.45) is 0 Å². The third-order valence-corrected chi connectivity index (χ3v) is 6.80. The van der Waals surface area contributed by atoms with E-state index in [-0.39, 0.29) is 17.1 Å². The highest BCUT2D eigenvalue weighted by molar-refractivity contribution is 9.10. The maximum Gasteiger partial charge on any atom is 0.186 e. The second-order valence-electron chi connectivity index (χ2n) is 5.06. The van der Waals surface area contributed by atoms with Gasteiger partial charge in [-0.3, -0.25) is 4.79 Å². The van der Waals surface area contributed by atoms with Crippen LogP contribution in [0, 0.1) is 11.3 Å². The number of rotatable bonds is 4. The van der Waals surface area contributed by atoms with Crippen LogP contribution in [0.25, 0.3) is 0 Å². The number of ketones is 1. The highest BCUT2D eigenvalue weighted by Gasteiger charge is 2.27. The molecule has 1 aliphatic rings. The van der Waals surface area contributed by atoms with Gasteiger partial charge >= 0.3 is 0 Å². The lowest BCUT2D eigenvalue weighted by Crippen LogP contribution is -2.16. The average Bonchev–Trinajstić information content (AvgIpc) is 2.92. The van der Waals surface area contributed by atoms with Gasteiger partial charge in [0.1, 0.15) is 16.7 Å². The molecule has 1 heterocycles. The molecule has 0 amide bonds. The molecule has 1 aliphatic heterocycles. The molecule has 120 valence electrons. The number of anilines is 1. The molecule has 0 radical (unpaired) electrons. The molecule has 3 rings (SSSR count). The molecule has 3 nitrogen and oxygen atoms in total. The minimum atomic E-state index is -0.152. The third kappa shape index (κ3) is 3.39. The van der Waals surface area contributed by atoms with Gasteiger partial charge in [-0.15, -0.1) is 11.8 Å². The van der Waals surface area contributed by atoms with Crippen molar-refractivity contribution in [3.8, 4) is 6.07 Å². The first-order chi connectivity index (χ1) is 11.6. The number of allylic oxidation sites excluding steroid dienone is 1. The highest BCUT2D eigenvalue weighted by Crippen LogP contribution is 2.46. The third-order valence-electron chi connectivity index (χ3n) is 3.54. The number of para-hydroxylation sites is 1. The fraction of sp³-hybridized carbons (Fsp3) is 0.111. The van der Waals surface area contributed by atoms with Crippen LogP contribution >= 0.6 is 39.5 Å². The Morgan fingerprint density at radius 3 is 2.67 bits per heavy atom. The number of nitriles is 1. The summed E-state index contributed by atoms with van der Waals surface area (Å²) in [5.41, 5.74) is 1.25. The molecule has 24 heavy (non-hydrogen) atoms. The molecular weight excluding hydrogens is 404 g/mol. The number of benzene rings is 2. The second-order valence-corrected chi connectivity index (χ2v) is 7.97. The van der Waals surface area contributed by atoms with E-state index >= 15 is 0 Å². The average molecular weight is 417 g/mol. The van der Waals surface area contributed by atoms with Crippen LogP contribution < -0.4 is 4.90 Å². The van der Waals surface area contributed by atoms with Crippen LogP contribution in [-0.2, 0) is 4.79 Å². The van der Waals surface area contributed by atoms with Crippen molar-refractivity contribution >= 4 is 50.9 Å². The van der Waals surface area contributed by atoms with Crippen LogP contribution in [0.4, 0.5) is 5.69 Å². The molecule has 0 saturated heterocycles. The molecule has 0 unspecified atom stereocenters. The number of carbonyl (C=O) groups is 1. The Labute approximate surface area is 157 Å². The van der Waals surface area contributed by atoms with E-state index in [2.05, 4.69) is 22.0 Å². The van der Waals surface area contributed by atoms with E-state index in [1.807, 2.05) is 60.5 Å². The molecule has 0 N–H and O–H groups in total. The normalized spacial score (nSPS) is 15.0. The first kappa shape index (κ1) is 17.2. The van der Waals surface area contributed by atoms with Gasteiger partial charge in [0.25, 0.3) is 0 Å². The monoisotopic (exact) mass is 416 g/mol. The van der Waals surface area contributed by atoms with Gasteiger partial charge < -0.3 is 4.90 Å². The Morgan fingerprint density at radius 2 is 1.96 bits per heavy atom. The smallest absolute Gasteiger partial charge is 0.186 e. The number of thioether (sulfide) groups is 2. The minimum Gasteiger partial charge on any atom is -0.337 e. The van der Waals surface area contributed by atoms with Gasteiger partial charge in [0.2, 0.25) is 0 Å². The van der Waals surface area contributed by atoms with Crippen molar-refractivity contribution in [3.63, 3.8) is 0 Å². The number of hydrogen-bond acceptors (Lipinski definition) is 5. The maximum absolute atomic E-state index is 12.6. The Kier molecular flexibility index (Phi) is 5.34. The molecule has 0 saturated carbocycles. The SMILES string of the molecule is CN1/C(=C(\C#N)C(=O)CSc2ccccc2Br)Sc2ccccc21. The minimum absolute atomic E-state index is 0.152. The lowest BCUT2D eigenvalue weighted by atomic mass is 10.2. The number of fused-ring (bicyclic) bond motifs is 1. The number of nitrogens with zero attached hydrogens (tertiary/aromatic N) is 2. The van der Waals surface area contributed by atoms with E-state index in [0.29, 0.717) is 5.03 Å². The molecule has 0 aromatic heterocycles. The zero-order valence-corrected chi connectivity index (χ0v) is 16.0. The molecule has 0 fully saturated rings. The summed E-state index contributed by atoms with van der Waals surface area (Å²) in [7, 11) is 1.89. The fourth-order valence-corrected chi connectivity index (χ4v) is 4.93. The first-order valence-electron chi connectivity index (χ1n) is 7.17. The van der Waals surface area contributed by atoms with Gasteiger partial charge in [-0.1, -0.05) is 36.0 Å². The topological polar surface area (TPSA) is 44.1 Å². The summed E-state index contributed by atoms with van der Waals surface area (Å²) in [6, 6.07) is 17.8. The Bertz CT molecular complexity index is 873. The largest absolute Gasteiger partial charge is 0.337 e. The Morgan fingerprint density at radius 1 is 1.25 bits per heavy atom. The number of hydrogen-bond donors (Lipinski definition) is 0. The molecular formula is C18H13BrN2OS2. The summed E-state index contributed by atoms with van der Waals surface area (Å²) in [6.07, 6.45) is 0. The molecule has 2 aromatic rings. The van der Waals surface area contributed by atoms with E-state index in [9.17, 15) is 10.1 Å². The number of halogens is 1. The zero-order chi connectivity index (χ0) is 17.1. The summed E-state index contributed by atoms with van der Waals surface area (Å²) in [5, 5.41) is 10.2. The molecule has 2 aromatic carbocycles. The molecule has 0 atom stereocenters. The van der Waals surface area contributed by atoms with Crippen LogP contribution in [0.1, 0.15) is 0 Å². The Balaban J connectivity index is 1.81. The summed E-state index contributed by atoms with van der Waals surface area (Å²) in [4.78, 5) is 16.6. The predicted octanol–water partition coefficient (Wildman–Crippen LogP) is 5.09. The van der Waals surface area contributed by atoms with E-state index in [1.54, 1.807) is 0 Å². The Hall–Kier alpha value is -1.68. The summed E-state index contributed by atoms with van der Waals surface area (Å²) < 4.78 is 0.953. The van der Waals surface area contributed by atoms with Crippen molar-refractivity contribution in [1.82, 2.24) is 0 Å². The fourth-order valence-electron chi connectivity index (χ4n) is 2.33. The van der Waals surface area contributed by atoms with E-state index in [4.69, 9.17) is 0 Å². The first-order valence-corrected chi connectivity index (χ1v) is 9.77. The van der Waals surface area contributed by atoms with Gasteiger partial charge in [0.05, 0.1) is 11.4 Å². The van der Waals surface area contributed by atoms with Gasteiger partial charge in [-0.05, 0) is 40.2 Å². The molecule has 0 bridgehead atoms. The number of carbonyl (C=O) groups excluding carboxylic acids is 1. The van der Waals surface area contributed by atoms with Crippen LogP contribution in [0.2, 0.25) is 0 Å². The predicted molar refractivity (Wildman–Crippen MR) is 103 cm³/mol. The quantitative estimate of drug-likeness (QED) is 0.394. The molecule has 0 spiro atoms. The maximum atomic E-state index is 12.6. The van der Waals surface area contributed by atoms with Gasteiger partial charge in [-0.2, -0.15) is 5.26 Å².